The SMILES string of the molecule is [CH2-]O[C-](C)c1nc(-c2cc3c(C(C)C)nn(-c4ccccc4C)c(=O)c3cc2F)nn1C.[Lr]. The summed E-state index contributed by atoms with van der Waals surface area (Å²) < 4.78 is 23.1. The topological polar surface area (TPSA) is 74.8 Å². The zero-order valence-electron chi connectivity index (χ0n) is 18.9. The van der Waals surface area contributed by atoms with Crippen molar-refractivity contribution in [3.05, 3.63) is 82.9 Å². The third-order valence-corrected chi connectivity index (χ3v) is 5.44. The van der Waals surface area contributed by atoms with Gasteiger partial charge >= 0.3 is 0 Å². The van der Waals surface area contributed by atoms with Gasteiger partial charge in [0.15, 0.2) is 5.82 Å². The molecule has 9 heteroatoms. The van der Waals surface area contributed by atoms with Gasteiger partial charge in [-0.1, -0.05) is 32.0 Å². The van der Waals surface area contributed by atoms with Gasteiger partial charge < -0.3 is 4.74 Å². The van der Waals surface area contributed by atoms with Gasteiger partial charge in [-0.25, -0.2) is 15.5 Å². The first-order valence-corrected chi connectivity index (χ1v) is 10.2. The van der Waals surface area contributed by atoms with Gasteiger partial charge in [-0.05, 0) is 36.6 Å². The van der Waals surface area contributed by atoms with Crippen LogP contribution in [-0.2, 0) is 11.8 Å². The summed E-state index contributed by atoms with van der Waals surface area (Å²) in [5.41, 5.74) is 2.06. The molecule has 33 heavy (non-hydrogen) atoms. The Kier molecular flexibility index (Phi) is 6.00. The van der Waals surface area contributed by atoms with Crippen LogP contribution in [0.2, 0.25) is 0 Å². The van der Waals surface area contributed by atoms with E-state index >= 15 is 4.39 Å². The van der Waals surface area contributed by atoms with Crippen molar-refractivity contribution in [1.29, 1.82) is 0 Å². The number of aromatic nitrogens is 5. The minimum Gasteiger partial charge on any atom is -0.693 e. The summed E-state index contributed by atoms with van der Waals surface area (Å²) in [4.78, 5) is 17.7. The average Bonchev–Trinajstić information content (AvgIpc) is 3.15. The van der Waals surface area contributed by atoms with Crippen LogP contribution in [0.15, 0.2) is 41.2 Å². The molecular weight excluding hydrogens is 671 g/mol. The van der Waals surface area contributed by atoms with Crippen molar-refractivity contribution in [2.24, 2.45) is 7.05 Å². The van der Waals surface area contributed by atoms with Gasteiger partial charge in [0.25, 0.3) is 5.56 Å². The fraction of sp³-hybridized carbons (Fsp3) is 0.250. The number of ether oxygens (including phenoxy) is 1. The number of rotatable bonds is 5. The van der Waals surface area contributed by atoms with Crippen molar-refractivity contribution in [1.82, 2.24) is 24.5 Å². The van der Waals surface area contributed by atoms with Crippen molar-refractivity contribution in [2.45, 2.75) is 33.6 Å². The maximum Gasteiger partial charge on any atom is 0.279 e. The molecule has 0 aliphatic carbocycles. The Hall–Kier alpha value is -4.52. The number of aryl methyl sites for hydroxylation is 2. The number of fused-ring (bicyclic) bond motifs is 1. The van der Waals surface area contributed by atoms with Crippen LogP contribution >= 0.6 is 0 Å². The van der Waals surface area contributed by atoms with E-state index in [2.05, 4.69) is 22.3 Å². The molecule has 0 saturated carbocycles. The number of para-hydroxylation sites is 1. The Labute approximate surface area is 185 Å². The molecule has 2 heterocycles. The number of halogens is 1. The molecule has 7 nitrogen and oxygen atoms in total. The minimum absolute atomic E-state index is 0. The molecule has 2 aromatic heterocycles. The van der Waals surface area contributed by atoms with Crippen LogP contribution in [0, 0.1) is 26.0 Å². The van der Waals surface area contributed by atoms with Gasteiger partial charge in [0.1, 0.15) is 5.82 Å². The summed E-state index contributed by atoms with van der Waals surface area (Å²) in [6, 6.07) is 10.3. The largest absolute Gasteiger partial charge is 0.693 e. The van der Waals surface area contributed by atoms with Gasteiger partial charge in [0.2, 0.25) is 0 Å². The van der Waals surface area contributed by atoms with Crippen LogP contribution in [0.5, 0.6) is 0 Å². The summed E-state index contributed by atoms with van der Waals surface area (Å²) in [7, 11) is 5.08. The fourth-order valence-electron chi connectivity index (χ4n) is 3.72. The fourth-order valence-corrected chi connectivity index (χ4v) is 3.72. The third kappa shape index (κ3) is 3.80. The minimum atomic E-state index is -0.586. The summed E-state index contributed by atoms with van der Waals surface area (Å²) >= 11 is 0. The molecule has 0 fully saturated rings. The van der Waals surface area contributed by atoms with E-state index in [4.69, 9.17) is 4.74 Å². The van der Waals surface area contributed by atoms with Crippen LogP contribution < -0.4 is 5.56 Å². The Morgan fingerprint density at radius 2 is 1.85 bits per heavy atom. The molecule has 0 aliphatic rings. The summed E-state index contributed by atoms with van der Waals surface area (Å²) in [5, 5.41) is 9.82. The van der Waals surface area contributed by atoms with Crippen LogP contribution in [0.1, 0.15) is 43.8 Å². The number of hydrogen-bond acceptors (Lipinski definition) is 5. The second-order valence-corrected chi connectivity index (χ2v) is 8.00. The second-order valence-electron chi connectivity index (χ2n) is 8.00. The molecule has 0 amide bonds. The Morgan fingerprint density at radius 1 is 1.15 bits per heavy atom. The van der Waals surface area contributed by atoms with E-state index in [0.29, 0.717) is 28.7 Å². The summed E-state index contributed by atoms with van der Waals surface area (Å²) in [6.45, 7) is 7.58. The Balaban J connectivity index is 0.00000306. The van der Waals surface area contributed by atoms with E-state index in [1.54, 1.807) is 20.0 Å². The Morgan fingerprint density at radius 3 is 2.48 bits per heavy atom. The molecule has 2 aromatic carbocycles. The van der Waals surface area contributed by atoms with E-state index in [-0.39, 0.29) is 28.3 Å². The molecule has 0 saturated heterocycles. The molecule has 0 aliphatic heterocycles. The first-order chi connectivity index (χ1) is 15.2. The quantitative estimate of drug-likeness (QED) is 0.289. The van der Waals surface area contributed by atoms with Crippen LogP contribution in [-0.4, -0.2) is 24.5 Å². The standard InChI is InChI=1S/C24H24FN5O2.Lr/c1-13(2)21-16-11-18(22-26-23(15(4)32-6)29(5)28-22)19(25)12-17(16)24(31)30(27-21)20-10-8-7-9-14(20)3;/h7-13H,6H2,1-5H3;/q-2;. The molecule has 0 spiro atoms. The maximum atomic E-state index is 15.2. The first-order valence-electron chi connectivity index (χ1n) is 10.2. The van der Waals surface area contributed by atoms with Crippen molar-refractivity contribution < 1.29 is 9.13 Å². The zero-order chi connectivity index (χ0) is 23.2. The van der Waals surface area contributed by atoms with E-state index in [1.165, 1.54) is 15.4 Å². The van der Waals surface area contributed by atoms with Crippen molar-refractivity contribution in [3.63, 3.8) is 0 Å². The molecular formula is C24H24FLrN5O2-2. The second kappa shape index (κ2) is 8.55. The van der Waals surface area contributed by atoms with E-state index < -0.39 is 5.82 Å². The maximum absolute atomic E-state index is 15.2. The monoisotopic (exact) mass is 695 g/mol. The predicted molar refractivity (Wildman–Crippen MR) is 121 cm³/mol. The van der Waals surface area contributed by atoms with Crippen LogP contribution in [0.3, 0.4) is 0 Å². The normalized spacial score (nSPS) is 11.2. The average molecular weight is 695 g/mol. The summed E-state index contributed by atoms with van der Waals surface area (Å²) in [6.07, 6.45) is 0.457. The van der Waals surface area contributed by atoms with Crippen molar-refractivity contribution >= 4 is 10.8 Å². The molecule has 1 radical (unpaired) electrons. The van der Waals surface area contributed by atoms with Gasteiger partial charge in [-0.2, -0.15) is 21.8 Å². The summed E-state index contributed by atoms with van der Waals surface area (Å²) in [5.74, 6) is 0.0361. The predicted octanol–water partition coefficient (Wildman–Crippen LogP) is 4.46. The Bertz CT molecular complexity index is 1380. The molecule has 0 N–H and O–H groups in total. The molecule has 181 valence electrons. The molecule has 4 aromatic rings. The van der Waals surface area contributed by atoms with Crippen molar-refractivity contribution in [3.8, 4) is 17.1 Å². The van der Waals surface area contributed by atoms with Gasteiger partial charge in [0, 0.05) is 18.3 Å². The van der Waals surface area contributed by atoms with Crippen LogP contribution in [0.25, 0.3) is 27.8 Å². The zero-order valence-corrected chi connectivity index (χ0v) is 21.1. The van der Waals surface area contributed by atoms with Crippen LogP contribution in [0.4, 0.5) is 4.39 Å². The first kappa shape index (κ1) is 23.1. The number of nitrogens with zero attached hydrogens (tertiary/aromatic N) is 5. The number of hydrogen-bond donors (Lipinski definition) is 0. The van der Waals surface area contributed by atoms with Gasteiger partial charge in [-0.3, -0.25) is 16.6 Å². The molecule has 4 rings (SSSR count). The smallest absolute Gasteiger partial charge is 0.279 e. The molecule has 0 atom stereocenters. The van der Waals surface area contributed by atoms with Crippen molar-refractivity contribution in [2.75, 3.05) is 0 Å². The molecule has 0 bridgehead atoms. The van der Waals surface area contributed by atoms with E-state index in [0.717, 1.165) is 5.56 Å². The third-order valence-electron chi connectivity index (χ3n) is 5.44. The van der Waals surface area contributed by atoms with E-state index in [1.807, 2.05) is 45.0 Å². The van der Waals surface area contributed by atoms with E-state index in [9.17, 15) is 4.79 Å². The number of benzene rings is 2. The van der Waals surface area contributed by atoms with Gasteiger partial charge in [-0.15, -0.1) is 0 Å². The van der Waals surface area contributed by atoms with Gasteiger partial charge in [0.05, 0.1) is 22.3 Å². The molecule has 0 unspecified atom stereocenters.